The number of halogens is 6. The normalized spacial score (nSPS) is 9.55. The van der Waals surface area contributed by atoms with Gasteiger partial charge in [-0.1, -0.05) is 5.11 Å². The summed E-state index contributed by atoms with van der Waals surface area (Å²) < 4.78 is 50.8. The Morgan fingerprint density at radius 3 is 1.91 bits per heavy atom. The molecule has 0 atom stereocenters. The molecule has 4 nitrogen and oxygen atoms in total. The summed E-state index contributed by atoms with van der Waals surface area (Å²) in [5, 5.41) is 2.87. The number of hydrogen-bond donors (Lipinski definition) is 1. The van der Waals surface area contributed by atoms with E-state index < -0.39 is 34.6 Å². The maximum absolute atomic E-state index is 12.9. The van der Waals surface area contributed by atoms with Crippen LogP contribution in [-0.2, 0) is 0 Å². The van der Waals surface area contributed by atoms with Crippen molar-refractivity contribution < 1.29 is 17.6 Å². The van der Waals surface area contributed by atoms with Crippen LogP contribution in [0.1, 0.15) is 0 Å². The number of anilines is 1. The zero-order valence-corrected chi connectivity index (χ0v) is 13.7. The van der Waals surface area contributed by atoms with E-state index in [1.165, 1.54) is 12.1 Å². The fourth-order valence-corrected chi connectivity index (χ4v) is 1.86. The van der Waals surface area contributed by atoms with Crippen molar-refractivity contribution in [2.24, 2.45) is 5.11 Å². The summed E-state index contributed by atoms with van der Waals surface area (Å²) in [6, 6.07) is 4.57. The SMILES string of the molecule is Nc1c(F)ccc(Br)c1F.[N-]=[N+]=Nc1c(F)ccc(Br)c1F. The van der Waals surface area contributed by atoms with E-state index in [0.717, 1.165) is 12.1 Å². The summed E-state index contributed by atoms with van der Waals surface area (Å²) in [5.41, 5.74) is 11.9. The van der Waals surface area contributed by atoms with E-state index in [1.807, 2.05) is 0 Å². The Labute approximate surface area is 138 Å². The first-order chi connectivity index (χ1) is 10.3. The third-order valence-electron chi connectivity index (χ3n) is 2.24. The van der Waals surface area contributed by atoms with Crippen LogP contribution < -0.4 is 5.73 Å². The molecule has 0 saturated carbocycles. The molecule has 0 aliphatic carbocycles. The molecule has 0 amide bonds. The van der Waals surface area contributed by atoms with Crippen LogP contribution in [0.2, 0.25) is 0 Å². The molecule has 22 heavy (non-hydrogen) atoms. The molecule has 0 aliphatic rings. The van der Waals surface area contributed by atoms with Crippen LogP contribution in [0.25, 0.3) is 10.4 Å². The van der Waals surface area contributed by atoms with Gasteiger partial charge >= 0.3 is 0 Å². The molecule has 2 aromatic carbocycles. The Morgan fingerprint density at radius 1 is 0.909 bits per heavy atom. The Kier molecular flexibility index (Phi) is 6.66. The molecule has 0 heterocycles. The molecule has 0 aromatic heterocycles. The molecule has 2 rings (SSSR count). The van der Waals surface area contributed by atoms with Gasteiger partial charge in [0, 0.05) is 4.91 Å². The van der Waals surface area contributed by atoms with Gasteiger partial charge in [0.25, 0.3) is 0 Å². The lowest BCUT2D eigenvalue weighted by molar-refractivity contribution is 0.582. The molecule has 0 radical (unpaired) electrons. The highest BCUT2D eigenvalue weighted by molar-refractivity contribution is 9.10. The summed E-state index contributed by atoms with van der Waals surface area (Å²) in [7, 11) is 0. The zero-order chi connectivity index (χ0) is 16.9. The van der Waals surface area contributed by atoms with Gasteiger partial charge in [-0.05, 0) is 61.7 Å². The first kappa shape index (κ1) is 18.3. The van der Waals surface area contributed by atoms with Crippen LogP contribution in [0, 0.1) is 23.3 Å². The molecule has 0 spiro atoms. The summed E-state index contributed by atoms with van der Waals surface area (Å²) >= 11 is 5.68. The third-order valence-corrected chi connectivity index (χ3v) is 3.47. The van der Waals surface area contributed by atoms with Crippen LogP contribution in [-0.4, -0.2) is 0 Å². The number of hydrogen-bond acceptors (Lipinski definition) is 2. The van der Waals surface area contributed by atoms with Crippen molar-refractivity contribution in [2.45, 2.75) is 0 Å². The van der Waals surface area contributed by atoms with E-state index in [1.54, 1.807) is 0 Å². The second kappa shape index (κ2) is 8.02. The molecule has 2 aromatic rings. The monoisotopic (exact) mass is 440 g/mol. The van der Waals surface area contributed by atoms with E-state index in [-0.39, 0.29) is 8.95 Å². The third kappa shape index (κ3) is 4.36. The van der Waals surface area contributed by atoms with E-state index in [4.69, 9.17) is 11.3 Å². The van der Waals surface area contributed by atoms with E-state index in [9.17, 15) is 17.6 Å². The summed E-state index contributed by atoms with van der Waals surface area (Å²) in [6.07, 6.45) is 0. The highest BCUT2D eigenvalue weighted by atomic mass is 79.9. The molecular formula is C12H6Br2F4N4. The fraction of sp³-hybridized carbons (Fsp3) is 0. The first-order valence-corrected chi connectivity index (χ1v) is 6.95. The molecule has 0 bridgehead atoms. The lowest BCUT2D eigenvalue weighted by atomic mass is 10.3. The first-order valence-electron chi connectivity index (χ1n) is 5.37. The number of nitrogens with two attached hydrogens (primary N) is 1. The minimum Gasteiger partial charge on any atom is -0.394 e. The van der Waals surface area contributed by atoms with Crippen LogP contribution in [0.15, 0.2) is 38.3 Å². The quantitative estimate of drug-likeness (QED) is 0.145. The second-order valence-electron chi connectivity index (χ2n) is 3.64. The highest BCUT2D eigenvalue weighted by Gasteiger charge is 2.09. The standard InChI is InChI=1S/C6H2BrF2N3.C6H4BrF2N/c7-3-1-2-4(8)6(5(3)9)11-12-10;7-3-1-2-4(8)6(10)5(3)9/h1-2H;1-2H,10H2. The molecule has 2 N–H and O–H groups in total. The molecule has 0 unspecified atom stereocenters. The minimum atomic E-state index is -0.896. The number of rotatable bonds is 1. The predicted molar refractivity (Wildman–Crippen MR) is 81.3 cm³/mol. The fourth-order valence-electron chi connectivity index (χ4n) is 1.20. The smallest absolute Gasteiger partial charge is 0.163 e. The van der Waals surface area contributed by atoms with Crippen molar-refractivity contribution in [1.29, 1.82) is 0 Å². The molecule has 0 fully saturated rings. The van der Waals surface area contributed by atoms with Crippen molar-refractivity contribution in [3.63, 3.8) is 0 Å². The topological polar surface area (TPSA) is 74.8 Å². The van der Waals surface area contributed by atoms with Crippen molar-refractivity contribution in [3.8, 4) is 0 Å². The zero-order valence-electron chi connectivity index (χ0n) is 10.5. The summed E-state index contributed by atoms with van der Waals surface area (Å²) in [4.78, 5) is 2.29. The number of azide groups is 1. The van der Waals surface area contributed by atoms with Gasteiger partial charge in [0.05, 0.1) is 8.95 Å². The molecule has 0 aliphatic heterocycles. The van der Waals surface area contributed by atoms with E-state index in [2.05, 4.69) is 41.9 Å². The van der Waals surface area contributed by atoms with Crippen molar-refractivity contribution >= 4 is 43.2 Å². The van der Waals surface area contributed by atoms with Crippen LogP contribution >= 0.6 is 31.9 Å². The minimum absolute atomic E-state index is 0.0614. The molecule has 10 heteroatoms. The Balaban J connectivity index is 0.000000224. The van der Waals surface area contributed by atoms with Crippen molar-refractivity contribution in [2.75, 3.05) is 5.73 Å². The Hall–Kier alpha value is -1.77. The van der Waals surface area contributed by atoms with Crippen LogP contribution in [0.4, 0.5) is 28.9 Å². The van der Waals surface area contributed by atoms with Crippen LogP contribution in [0.5, 0.6) is 0 Å². The predicted octanol–water partition coefficient (Wildman–Crippen LogP) is 5.98. The van der Waals surface area contributed by atoms with E-state index in [0.29, 0.717) is 0 Å². The van der Waals surface area contributed by atoms with Gasteiger partial charge in [0.15, 0.2) is 5.82 Å². The Bertz CT molecular complexity index is 721. The largest absolute Gasteiger partial charge is 0.394 e. The maximum Gasteiger partial charge on any atom is 0.163 e. The number of nitrogens with zero attached hydrogens (tertiary/aromatic N) is 3. The molecule has 0 saturated heterocycles. The van der Waals surface area contributed by atoms with Gasteiger partial charge in [0.2, 0.25) is 0 Å². The Morgan fingerprint density at radius 2 is 1.41 bits per heavy atom. The van der Waals surface area contributed by atoms with Crippen LogP contribution in [0.3, 0.4) is 0 Å². The highest BCUT2D eigenvalue weighted by Crippen LogP contribution is 2.28. The van der Waals surface area contributed by atoms with E-state index >= 15 is 0 Å². The lowest BCUT2D eigenvalue weighted by Gasteiger charge is -1.98. The van der Waals surface area contributed by atoms with Gasteiger partial charge in [-0.15, -0.1) is 0 Å². The summed E-state index contributed by atoms with van der Waals surface area (Å²) in [5.74, 6) is -3.26. The van der Waals surface area contributed by atoms with Gasteiger partial charge in [-0.25, -0.2) is 17.6 Å². The van der Waals surface area contributed by atoms with Gasteiger partial charge in [0.1, 0.15) is 28.8 Å². The van der Waals surface area contributed by atoms with Crippen molar-refractivity contribution in [1.82, 2.24) is 0 Å². The lowest BCUT2D eigenvalue weighted by Crippen LogP contribution is -1.95. The van der Waals surface area contributed by atoms with Gasteiger partial charge < -0.3 is 5.73 Å². The average molecular weight is 442 g/mol. The maximum atomic E-state index is 12.9. The average Bonchev–Trinajstić information content (AvgIpc) is 2.50. The molecular weight excluding hydrogens is 436 g/mol. The summed E-state index contributed by atoms with van der Waals surface area (Å²) in [6.45, 7) is 0. The number of benzene rings is 2. The van der Waals surface area contributed by atoms with Crippen molar-refractivity contribution in [3.05, 3.63) is 66.9 Å². The van der Waals surface area contributed by atoms with Gasteiger partial charge in [-0.3, -0.25) is 0 Å². The second-order valence-corrected chi connectivity index (χ2v) is 5.35. The molecule has 116 valence electrons. The number of nitrogen functional groups attached to an aromatic ring is 1. The van der Waals surface area contributed by atoms with Gasteiger partial charge in [-0.2, -0.15) is 0 Å².